The summed E-state index contributed by atoms with van der Waals surface area (Å²) in [5, 5.41) is 71.9. The van der Waals surface area contributed by atoms with Gasteiger partial charge in [0.05, 0.1) is 74.8 Å². The van der Waals surface area contributed by atoms with E-state index in [1.54, 1.807) is 114 Å². The maximum atomic E-state index is 15.6. The fourth-order valence-corrected chi connectivity index (χ4v) is 24.4. The van der Waals surface area contributed by atoms with Crippen molar-refractivity contribution >= 4 is 63.0 Å². The van der Waals surface area contributed by atoms with E-state index in [1.807, 2.05) is 76.2 Å². The predicted octanol–water partition coefficient (Wildman–Crippen LogP) is 16.9. The van der Waals surface area contributed by atoms with Crippen LogP contribution in [-0.2, 0) is 40.4 Å². The van der Waals surface area contributed by atoms with Gasteiger partial charge in [0.1, 0.15) is 47.7 Å². The van der Waals surface area contributed by atoms with Crippen LogP contribution in [0.3, 0.4) is 0 Å². The number of halogens is 5. The van der Waals surface area contributed by atoms with Gasteiger partial charge in [-0.2, -0.15) is 19.6 Å². The van der Waals surface area contributed by atoms with Crippen LogP contribution in [0.5, 0.6) is 11.5 Å². The summed E-state index contributed by atoms with van der Waals surface area (Å²) < 4.78 is 76.2. The molecule has 14 atom stereocenters. The Kier molecular flexibility index (Phi) is 32.2. The maximum Gasteiger partial charge on any atom is 0.366 e. The lowest BCUT2D eigenvalue weighted by atomic mass is 9.41. The number of aliphatic hydroxyl groups excluding tert-OH is 3. The number of pyridine rings is 1. The Balaban J connectivity index is 0.000000136. The number of hydrogen-bond acceptors (Lipinski definition) is 24. The fraction of sp³-hybridized carbons (Fsp3) is 0.414. The molecule has 8 aromatic carbocycles. The summed E-state index contributed by atoms with van der Waals surface area (Å²) in [6.45, 7) is 22.0. The summed E-state index contributed by atoms with van der Waals surface area (Å²) in [6, 6.07) is 43.5. The number of ketones is 1. The monoisotopic (exact) mass is 2050 g/mol. The molecule has 3 aliphatic heterocycles. The number of hydrogen-bond donors (Lipinski definition) is 8. The number of nitrogens with zero attached hydrogens (tertiary/aromatic N) is 16. The van der Waals surface area contributed by atoms with Crippen molar-refractivity contribution in [1.82, 2.24) is 84.9 Å². The lowest BCUT2D eigenvalue weighted by Gasteiger charge is -2.64. The average Bonchev–Trinajstić information content (AvgIpc) is 1.67. The highest BCUT2D eigenvalue weighted by molar-refractivity contribution is 6.32. The SMILES string of the molecule is CC[C@@H]1C2C[C@H](O)CC[C@]2(C)[C@H]2CC[C@]3(C)[C@@H]([C@H](C)CCn4nc[nH]c4=O)CC[C@H]3[C@@H]2[C@@H]1O.COc1cc2c(cc1Cc1cccc(C)c1F)c(=O)c(-n1nn[nH]c1=O)cn2[C@H](CO)C(C)C.COc1cccc(C2=C(C)N(Cc3ccccc3F)C(=O)C(C[C@H](NCCCN3N=NCC3=O)c3ccccc3)C2=O)c1F.Cc1cc(Nc2ncc3c(n2)-c2ccc(Cl)cc2C(c2c(C)cccc2F)=NC3)ccc1-n1nn[nH]c1=O. The third-order valence-electron chi connectivity index (χ3n) is 31.9. The Morgan fingerprint density at radius 3 is 2.06 bits per heavy atom. The van der Waals surface area contributed by atoms with Gasteiger partial charge in [0.25, 0.3) is 5.91 Å². The van der Waals surface area contributed by atoms with Crippen LogP contribution in [0.25, 0.3) is 39.1 Å². The molecule has 8 heterocycles. The Bertz CT molecular complexity index is 7490. The molecule has 13 aromatic rings. The van der Waals surface area contributed by atoms with E-state index in [2.05, 4.69) is 94.8 Å². The van der Waals surface area contributed by atoms with Crippen molar-refractivity contribution < 1.29 is 56.7 Å². The lowest BCUT2D eigenvalue weighted by molar-refractivity contribution is -0.203. The quantitative estimate of drug-likeness (QED) is 0.0128. The van der Waals surface area contributed by atoms with E-state index in [4.69, 9.17) is 31.1 Å². The summed E-state index contributed by atoms with van der Waals surface area (Å²) in [5.41, 5.74) is 9.27. The number of amides is 2. The Labute approximate surface area is 862 Å². The number of rotatable bonds is 28. The highest BCUT2D eigenvalue weighted by Gasteiger charge is 2.65. The van der Waals surface area contributed by atoms with Crippen LogP contribution in [-0.4, -0.2) is 171 Å². The predicted molar refractivity (Wildman–Crippen MR) is 555 cm³/mol. The van der Waals surface area contributed by atoms with Gasteiger partial charge in [-0.25, -0.2) is 61.8 Å². The zero-order valence-electron chi connectivity index (χ0n) is 85.2. The van der Waals surface area contributed by atoms with Crippen molar-refractivity contribution in [2.24, 2.45) is 79.4 Å². The number of aromatic nitrogens is 14. The van der Waals surface area contributed by atoms with Gasteiger partial charge < -0.3 is 44.9 Å². The average molecular weight is 2060 g/mol. The van der Waals surface area contributed by atoms with Crippen LogP contribution in [0, 0.1) is 108 Å². The number of ether oxygens (including phenoxy) is 2. The number of nitrogens with one attached hydrogen (secondary N) is 5. The molecule has 20 rings (SSSR count). The molecule has 8 N–H and O–H groups in total. The van der Waals surface area contributed by atoms with Gasteiger partial charge in [-0.15, -0.1) is 0 Å². The smallest absolute Gasteiger partial charge is 0.366 e. The highest BCUT2D eigenvalue weighted by atomic mass is 35.5. The number of fused-ring (bicyclic) bond motifs is 9. The zero-order chi connectivity index (χ0) is 106. The van der Waals surface area contributed by atoms with Gasteiger partial charge in [0, 0.05) is 105 Å². The minimum absolute atomic E-state index is 0.00430. The largest absolute Gasteiger partial charge is 0.496 e. The van der Waals surface area contributed by atoms with Crippen LogP contribution in [0.15, 0.2) is 217 Å². The molecule has 149 heavy (non-hydrogen) atoms. The Hall–Kier alpha value is -14.4. The van der Waals surface area contributed by atoms with E-state index in [0.717, 1.165) is 70.3 Å². The van der Waals surface area contributed by atoms with Gasteiger partial charge in [-0.1, -0.05) is 162 Å². The second-order valence-electron chi connectivity index (χ2n) is 40.8. The maximum absolute atomic E-state index is 15.6. The van der Waals surface area contributed by atoms with E-state index in [9.17, 15) is 62.1 Å². The van der Waals surface area contributed by atoms with Crippen molar-refractivity contribution in [3.8, 4) is 34.1 Å². The number of aliphatic imine (C=N–C) groups is 1. The number of H-pyrrole nitrogens is 3. The minimum Gasteiger partial charge on any atom is -0.496 e. The highest BCUT2D eigenvalue weighted by Crippen LogP contribution is 2.70. The molecule has 5 aromatic heterocycles. The van der Waals surface area contributed by atoms with E-state index in [-0.39, 0.29) is 130 Å². The summed E-state index contributed by atoms with van der Waals surface area (Å²) in [7, 11) is 2.84. The standard InChI is InChI=1S/C33H33F2N5O4.C27H20ClFN8O.C27H45N3O3.C24H26FN5O4/c1-21-30(24-13-8-15-28(44-2)31(24)35)32(42)25(33(43)39(21)20-23-12-6-7-14-26(23)34)18-27(22-10-4-3-5-11-22)36-16-9-17-40-29(41)19-37-38-40;1-14-4-3-5-21(29)23(14)25-20-11-17(28)6-8-19(20)24-16(12-30-25)13-31-26(33-24)32-18-7-9-22(15(2)10-18)37-27(38)34-35-36-37;1-5-18-22-14-17(31)8-11-27(22,4)21-9-12-26(3)19(6-7-20(26)23(21)24(18)32)16(2)10-13-30-25(33)28-15-29-30;1-13(2)20(12-31)29-11-19(30-24(33)26-27-28-30)23(32)17-9-16(21(34-4)10-18(17)29)8-15-7-5-6-14(3)22(15)25/h3-8,10-15,25,27,36H,9,16-20H2,1-2H3;3-11,13H,12H2,1-2H3,(H,31,32,33)(H,34,36,38);15-24,31-32H,5-14H2,1-4H3,(H,28,29,33);5-7,9-11,13,20,31H,8,12H2,1-4H3,(H,26,28,33)/t25?,27-;;16-,17-,18-,19-,20+,21+,22?,23+,24-,26-,27-;20-/m0.11/s1. The number of allylic oxidation sites excluding steroid dienone is 2. The molecular formula is C111H124ClF4N21O12. The van der Waals surface area contributed by atoms with Gasteiger partial charge in [-0.05, 0) is 265 Å². The third-order valence-corrected chi connectivity index (χ3v) is 32.2. The number of methoxy groups -OCH3 is 2. The van der Waals surface area contributed by atoms with Gasteiger partial charge >= 0.3 is 17.1 Å². The first-order valence-corrected chi connectivity index (χ1v) is 51.0. The van der Waals surface area contributed by atoms with Crippen molar-refractivity contribution in [2.45, 2.75) is 190 Å². The second kappa shape index (κ2) is 45.3. The molecule has 0 bridgehead atoms. The molecule has 0 saturated heterocycles. The number of aliphatic hydroxyl groups is 3. The molecule has 4 saturated carbocycles. The fourth-order valence-electron chi connectivity index (χ4n) is 24.2. The van der Waals surface area contributed by atoms with Crippen molar-refractivity contribution in [1.29, 1.82) is 0 Å². The van der Waals surface area contributed by atoms with Gasteiger partial charge in [0.2, 0.25) is 17.3 Å². The first-order valence-electron chi connectivity index (χ1n) is 50.7. The summed E-state index contributed by atoms with van der Waals surface area (Å²) >= 11 is 6.38. The van der Waals surface area contributed by atoms with Gasteiger partial charge in [-0.3, -0.25) is 29.2 Å². The third kappa shape index (κ3) is 21.6. The molecule has 33 nitrogen and oxygen atoms in total. The molecule has 7 aliphatic rings. The second-order valence-corrected chi connectivity index (χ2v) is 41.2. The number of aromatic amines is 3. The first kappa shape index (κ1) is 106. The number of anilines is 2. The van der Waals surface area contributed by atoms with Crippen molar-refractivity contribution in [2.75, 3.05) is 45.8 Å². The summed E-state index contributed by atoms with van der Waals surface area (Å²) in [6.07, 6.45) is 15.0. The molecule has 780 valence electrons. The minimum atomic E-state index is -1.18. The number of Topliss-reactive ketones (excluding diaryl/α,β-unsaturated/α-hetero) is 1. The first-order chi connectivity index (χ1) is 71.6. The van der Waals surface area contributed by atoms with Crippen molar-refractivity contribution in [3.63, 3.8) is 0 Å². The van der Waals surface area contributed by atoms with Crippen LogP contribution in [0.2, 0.25) is 5.02 Å². The normalized spacial score (nSPS) is 21.8. The Morgan fingerprint density at radius 1 is 0.671 bits per heavy atom. The summed E-state index contributed by atoms with van der Waals surface area (Å²) in [5.74, 6) is 0.114. The molecule has 0 radical (unpaired) electrons. The number of benzene rings is 8. The van der Waals surface area contributed by atoms with E-state index < -0.39 is 58.1 Å². The molecule has 2 amide bonds. The molecule has 4 aliphatic carbocycles. The van der Waals surface area contributed by atoms with Crippen molar-refractivity contribution in [3.05, 3.63) is 313 Å². The molecular weight excluding hydrogens is 1930 g/mol. The number of aryl methyl sites for hydroxylation is 4. The molecule has 4 fully saturated rings. The van der Waals surface area contributed by atoms with E-state index >= 15 is 4.39 Å². The van der Waals surface area contributed by atoms with Crippen LogP contribution in [0.4, 0.5) is 29.2 Å². The molecule has 38 heteroatoms. The number of carbonyl (C=O) groups excluding carboxylic acids is 3. The summed E-state index contributed by atoms with van der Waals surface area (Å²) in [4.78, 5) is 108. The number of carbonyl (C=O) groups is 3. The van der Waals surface area contributed by atoms with E-state index in [0.29, 0.717) is 135 Å². The molecule has 0 spiro atoms. The lowest BCUT2D eigenvalue weighted by Crippen LogP contribution is -2.62. The van der Waals surface area contributed by atoms with E-state index in [1.165, 1.54) is 91.3 Å². The van der Waals surface area contributed by atoms with Crippen LogP contribution in [0.1, 0.15) is 192 Å². The Morgan fingerprint density at radius 2 is 1.38 bits per heavy atom. The molecule has 2 unspecified atom stereocenters. The van der Waals surface area contributed by atoms with Crippen LogP contribution >= 0.6 is 11.6 Å². The van der Waals surface area contributed by atoms with Crippen LogP contribution < -0.4 is 42.6 Å². The topological polar surface area (TPSA) is 424 Å². The number of tetrazole rings is 2. The van der Waals surface area contributed by atoms with Gasteiger partial charge in [0.15, 0.2) is 17.3 Å². The zero-order valence-corrected chi connectivity index (χ0v) is 86.0.